The number of rotatable bonds is 4. The zero-order chi connectivity index (χ0) is 10.6. The van der Waals surface area contributed by atoms with Crippen molar-refractivity contribution in [3.8, 4) is 5.75 Å². The van der Waals surface area contributed by atoms with E-state index in [1.165, 1.54) is 0 Å². The zero-order valence-corrected chi connectivity index (χ0v) is 8.79. The van der Waals surface area contributed by atoms with Crippen molar-refractivity contribution < 1.29 is 9.84 Å². The van der Waals surface area contributed by atoms with Gasteiger partial charge in [0, 0.05) is 12.6 Å². The van der Waals surface area contributed by atoms with Crippen LogP contribution < -0.4 is 10.5 Å². The molecule has 1 aromatic rings. The number of nitrogens with two attached hydrogens (primary N) is 1. The van der Waals surface area contributed by atoms with Crippen molar-refractivity contribution in [1.82, 2.24) is 0 Å². The summed E-state index contributed by atoms with van der Waals surface area (Å²) in [5.41, 5.74) is 6.74. The number of hydrogen-bond donors (Lipinski definition) is 2. The van der Waals surface area contributed by atoms with Crippen LogP contribution >= 0.6 is 11.6 Å². The molecule has 0 amide bonds. The normalized spacial score (nSPS) is 12.6. The topological polar surface area (TPSA) is 55.5 Å². The number of benzene rings is 1. The monoisotopic (exact) mass is 215 g/mol. The minimum atomic E-state index is -0.175. The molecule has 0 saturated carbocycles. The first-order chi connectivity index (χ1) is 6.69. The number of ether oxygens (including phenoxy) is 1. The standard InChI is InChI=1S/C10H14ClNO2/c1-14-10-6-7(2-3-8(10)11)9(12)4-5-13/h2-3,6,9,13H,4-5,12H2,1H3. The molecule has 0 aliphatic rings. The molecule has 0 fully saturated rings. The fraction of sp³-hybridized carbons (Fsp3) is 0.400. The van der Waals surface area contributed by atoms with E-state index >= 15 is 0 Å². The number of hydrogen-bond acceptors (Lipinski definition) is 3. The summed E-state index contributed by atoms with van der Waals surface area (Å²) >= 11 is 5.86. The average molecular weight is 216 g/mol. The molecule has 0 saturated heterocycles. The Morgan fingerprint density at radius 1 is 1.57 bits per heavy atom. The molecule has 0 aliphatic heterocycles. The van der Waals surface area contributed by atoms with Gasteiger partial charge in [-0.2, -0.15) is 0 Å². The Bertz CT molecular complexity index is 304. The molecule has 1 unspecified atom stereocenters. The third-order valence-electron chi connectivity index (χ3n) is 2.04. The SMILES string of the molecule is COc1cc(C(N)CCO)ccc1Cl. The van der Waals surface area contributed by atoms with Crippen molar-refractivity contribution in [2.45, 2.75) is 12.5 Å². The molecular formula is C10H14ClNO2. The number of aliphatic hydroxyl groups is 1. The van der Waals surface area contributed by atoms with Crippen LogP contribution in [0.5, 0.6) is 5.75 Å². The summed E-state index contributed by atoms with van der Waals surface area (Å²) in [6.45, 7) is 0.0755. The third kappa shape index (κ3) is 2.61. The lowest BCUT2D eigenvalue weighted by molar-refractivity contribution is 0.276. The van der Waals surface area contributed by atoms with Crippen LogP contribution in [0, 0.1) is 0 Å². The van der Waals surface area contributed by atoms with Gasteiger partial charge in [0.1, 0.15) is 5.75 Å². The zero-order valence-electron chi connectivity index (χ0n) is 8.03. The van der Waals surface area contributed by atoms with Crippen molar-refractivity contribution in [2.24, 2.45) is 5.73 Å². The lowest BCUT2D eigenvalue weighted by Gasteiger charge is -2.12. The van der Waals surface area contributed by atoms with E-state index in [4.69, 9.17) is 27.2 Å². The van der Waals surface area contributed by atoms with Gasteiger partial charge < -0.3 is 15.6 Å². The first-order valence-corrected chi connectivity index (χ1v) is 4.76. The molecule has 0 aliphatic carbocycles. The average Bonchev–Trinajstić information content (AvgIpc) is 2.19. The predicted molar refractivity (Wildman–Crippen MR) is 56.6 cm³/mol. The van der Waals surface area contributed by atoms with E-state index in [1.54, 1.807) is 19.2 Å². The summed E-state index contributed by atoms with van der Waals surface area (Å²) < 4.78 is 5.06. The Balaban J connectivity index is 2.88. The van der Waals surface area contributed by atoms with Crippen LogP contribution in [0.4, 0.5) is 0 Å². The quantitative estimate of drug-likeness (QED) is 0.805. The van der Waals surface area contributed by atoms with Crippen LogP contribution in [-0.2, 0) is 0 Å². The summed E-state index contributed by atoms with van der Waals surface area (Å²) in [7, 11) is 1.56. The van der Waals surface area contributed by atoms with Gasteiger partial charge >= 0.3 is 0 Å². The van der Waals surface area contributed by atoms with Crippen molar-refractivity contribution in [2.75, 3.05) is 13.7 Å². The first kappa shape index (κ1) is 11.3. The Morgan fingerprint density at radius 3 is 2.86 bits per heavy atom. The predicted octanol–water partition coefficient (Wildman–Crippen LogP) is 1.73. The van der Waals surface area contributed by atoms with Gasteiger partial charge in [-0.05, 0) is 24.1 Å². The Morgan fingerprint density at radius 2 is 2.29 bits per heavy atom. The van der Waals surface area contributed by atoms with Gasteiger partial charge in [-0.25, -0.2) is 0 Å². The van der Waals surface area contributed by atoms with E-state index in [9.17, 15) is 0 Å². The second-order valence-corrected chi connectivity index (χ2v) is 3.42. The summed E-state index contributed by atoms with van der Waals surface area (Å²) in [6.07, 6.45) is 0.533. The number of methoxy groups -OCH3 is 1. The highest BCUT2D eigenvalue weighted by Gasteiger charge is 2.08. The van der Waals surface area contributed by atoms with E-state index in [0.29, 0.717) is 17.2 Å². The second kappa shape index (κ2) is 5.20. The highest BCUT2D eigenvalue weighted by molar-refractivity contribution is 6.32. The van der Waals surface area contributed by atoms with Crippen LogP contribution in [0.2, 0.25) is 5.02 Å². The van der Waals surface area contributed by atoms with Gasteiger partial charge in [0.25, 0.3) is 0 Å². The van der Waals surface area contributed by atoms with Crippen molar-refractivity contribution in [1.29, 1.82) is 0 Å². The van der Waals surface area contributed by atoms with Gasteiger partial charge in [0.05, 0.1) is 12.1 Å². The Hall–Kier alpha value is -0.770. The maximum Gasteiger partial charge on any atom is 0.137 e. The lowest BCUT2D eigenvalue weighted by Crippen LogP contribution is -2.11. The Kier molecular flexibility index (Phi) is 4.20. The molecule has 1 atom stereocenters. The lowest BCUT2D eigenvalue weighted by atomic mass is 10.1. The molecule has 0 radical (unpaired) electrons. The highest BCUT2D eigenvalue weighted by Crippen LogP contribution is 2.27. The van der Waals surface area contributed by atoms with Gasteiger partial charge in [-0.3, -0.25) is 0 Å². The molecule has 14 heavy (non-hydrogen) atoms. The molecule has 1 aromatic carbocycles. The van der Waals surface area contributed by atoms with Gasteiger partial charge in [-0.1, -0.05) is 17.7 Å². The fourth-order valence-corrected chi connectivity index (χ4v) is 1.41. The summed E-state index contributed by atoms with van der Waals surface area (Å²) in [5, 5.41) is 9.30. The maximum absolute atomic E-state index is 8.74. The molecule has 3 N–H and O–H groups in total. The summed E-state index contributed by atoms with van der Waals surface area (Å²) in [6, 6.07) is 5.20. The number of halogens is 1. The van der Waals surface area contributed by atoms with Crippen molar-refractivity contribution in [3.05, 3.63) is 28.8 Å². The van der Waals surface area contributed by atoms with E-state index in [2.05, 4.69) is 0 Å². The van der Waals surface area contributed by atoms with Crippen molar-refractivity contribution >= 4 is 11.6 Å². The van der Waals surface area contributed by atoms with Crippen LogP contribution in [-0.4, -0.2) is 18.8 Å². The molecular weight excluding hydrogens is 202 g/mol. The third-order valence-corrected chi connectivity index (χ3v) is 2.36. The molecule has 1 rings (SSSR count). The highest BCUT2D eigenvalue weighted by atomic mass is 35.5. The van der Waals surface area contributed by atoms with E-state index in [1.807, 2.05) is 6.07 Å². The second-order valence-electron chi connectivity index (χ2n) is 3.01. The van der Waals surface area contributed by atoms with E-state index < -0.39 is 0 Å². The van der Waals surface area contributed by atoms with Gasteiger partial charge in [-0.15, -0.1) is 0 Å². The van der Waals surface area contributed by atoms with Crippen LogP contribution in [0.15, 0.2) is 18.2 Å². The minimum Gasteiger partial charge on any atom is -0.495 e. The molecule has 0 spiro atoms. The van der Waals surface area contributed by atoms with Gasteiger partial charge in [0.15, 0.2) is 0 Å². The van der Waals surface area contributed by atoms with Crippen LogP contribution in [0.1, 0.15) is 18.0 Å². The summed E-state index contributed by atoms with van der Waals surface area (Å²) in [4.78, 5) is 0. The Labute approximate surface area is 88.4 Å². The fourth-order valence-electron chi connectivity index (χ4n) is 1.21. The van der Waals surface area contributed by atoms with Crippen LogP contribution in [0.25, 0.3) is 0 Å². The molecule has 0 heterocycles. The molecule has 78 valence electrons. The summed E-state index contributed by atoms with van der Waals surface area (Å²) in [5.74, 6) is 0.609. The number of aliphatic hydroxyl groups excluding tert-OH is 1. The van der Waals surface area contributed by atoms with Crippen molar-refractivity contribution in [3.63, 3.8) is 0 Å². The molecule has 4 heteroatoms. The molecule has 0 bridgehead atoms. The minimum absolute atomic E-state index is 0.0755. The molecule has 0 aromatic heterocycles. The van der Waals surface area contributed by atoms with E-state index in [0.717, 1.165) is 5.56 Å². The molecule has 3 nitrogen and oxygen atoms in total. The smallest absolute Gasteiger partial charge is 0.137 e. The van der Waals surface area contributed by atoms with Crippen LogP contribution in [0.3, 0.4) is 0 Å². The largest absolute Gasteiger partial charge is 0.495 e. The maximum atomic E-state index is 8.74. The van der Waals surface area contributed by atoms with E-state index in [-0.39, 0.29) is 12.6 Å². The first-order valence-electron chi connectivity index (χ1n) is 4.39. The van der Waals surface area contributed by atoms with Gasteiger partial charge in [0.2, 0.25) is 0 Å².